The van der Waals surface area contributed by atoms with Crippen LogP contribution in [0.2, 0.25) is 0 Å². The minimum Gasteiger partial charge on any atom is -0.455 e. The number of amides is 1. The molecule has 8 heteroatoms. The second kappa shape index (κ2) is 11.0. The Morgan fingerprint density at radius 1 is 0.971 bits per heavy atom. The molecule has 0 fully saturated rings. The fourth-order valence-corrected chi connectivity index (χ4v) is 5.17. The molecule has 0 bridgehead atoms. The number of halogens is 1. The van der Waals surface area contributed by atoms with Crippen LogP contribution in [0.15, 0.2) is 65.6 Å². The van der Waals surface area contributed by atoms with Crippen LogP contribution in [-0.4, -0.2) is 31.7 Å². The maximum absolute atomic E-state index is 13.3. The van der Waals surface area contributed by atoms with Gasteiger partial charge in [0.05, 0.1) is 10.6 Å². The summed E-state index contributed by atoms with van der Waals surface area (Å²) in [6.07, 6.45) is 0. The standard InChI is InChI=1S/C27H31FN2O4S/c1-6-30(7-2)35(32,33)22-13-15-25(34-26-16-19(5)8-14-23(26)18(3)4)24(17-22)29-27(31)20-9-11-21(28)12-10-20/h8-18H,6-7H2,1-5H3,(H,29,31). The summed E-state index contributed by atoms with van der Waals surface area (Å²) in [5.74, 6) is 0.132. The molecule has 3 aromatic carbocycles. The number of carbonyl (C=O) groups excluding carboxylic acids is 1. The molecule has 0 aliphatic carbocycles. The molecule has 1 N–H and O–H groups in total. The lowest BCUT2D eigenvalue weighted by atomic mass is 10.0. The van der Waals surface area contributed by atoms with E-state index < -0.39 is 21.7 Å². The zero-order valence-corrected chi connectivity index (χ0v) is 21.4. The summed E-state index contributed by atoms with van der Waals surface area (Å²) in [5.41, 5.74) is 2.41. The van der Waals surface area contributed by atoms with Crippen molar-refractivity contribution < 1.29 is 22.3 Å². The molecule has 186 valence electrons. The number of sulfonamides is 1. The predicted molar refractivity (Wildman–Crippen MR) is 136 cm³/mol. The van der Waals surface area contributed by atoms with Gasteiger partial charge in [-0.2, -0.15) is 4.31 Å². The van der Waals surface area contributed by atoms with Crippen LogP contribution in [0.25, 0.3) is 0 Å². The van der Waals surface area contributed by atoms with Crippen molar-refractivity contribution in [1.82, 2.24) is 4.31 Å². The van der Waals surface area contributed by atoms with Crippen molar-refractivity contribution >= 4 is 21.6 Å². The quantitative estimate of drug-likeness (QED) is 0.374. The lowest BCUT2D eigenvalue weighted by Crippen LogP contribution is -2.30. The van der Waals surface area contributed by atoms with Gasteiger partial charge in [0.1, 0.15) is 11.6 Å². The van der Waals surface area contributed by atoms with Gasteiger partial charge in [-0.15, -0.1) is 0 Å². The Hall–Kier alpha value is -3.23. The second-order valence-corrected chi connectivity index (χ2v) is 10.4. The number of nitrogens with zero attached hydrogens (tertiary/aromatic N) is 1. The van der Waals surface area contributed by atoms with E-state index in [-0.39, 0.29) is 22.1 Å². The van der Waals surface area contributed by atoms with Gasteiger partial charge in [0.25, 0.3) is 5.91 Å². The number of nitrogens with one attached hydrogen (secondary N) is 1. The van der Waals surface area contributed by atoms with Gasteiger partial charge in [-0.1, -0.05) is 39.8 Å². The zero-order valence-electron chi connectivity index (χ0n) is 20.6. The largest absolute Gasteiger partial charge is 0.455 e. The highest BCUT2D eigenvalue weighted by atomic mass is 32.2. The number of anilines is 1. The number of carbonyl (C=O) groups is 1. The van der Waals surface area contributed by atoms with Crippen LogP contribution < -0.4 is 10.1 Å². The highest BCUT2D eigenvalue weighted by Crippen LogP contribution is 2.37. The van der Waals surface area contributed by atoms with Crippen molar-refractivity contribution in [3.63, 3.8) is 0 Å². The molecule has 3 rings (SSSR count). The van der Waals surface area contributed by atoms with Gasteiger partial charge in [0, 0.05) is 18.7 Å². The maximum atomic E-state index is 13.3. The van der Waals surface area contributed by atoms with E-state index in [0.717, 1.165) is 11.1 Å². The molecule has 0 aromatic heterocycles. The summed E-state index contributed by atoms with van der Waals surface area (Å²) in [6.45, 7) is 10.2. The molecule has 0 radical (unpaired) electrons. The minimum atomic E-state index is -3.77. The summed E-state index contributed by atoms with van der Waals surface area (Å²) in [7, 11) is -3.77. The third-order valence-corrected chi connectivity index (χ3v) is 7.71. The van der Waals surface area contributed by atoms with E-state index in [1.165, 1.54) is 40.7 Å². The van der Waals surface area contributed by atoms with Gasteiger partial charge < -0.3 is 10.1 Å². The fourth-order valence-electron chi connectivity index (χ4n) is 3.69. The molecule has 0 heterocycles. The van der Waals surface area contributed by atoms with Crippen molar-refractivity contribution in [2.24, 2.45) is 0 Å². The van der Waals surface area contributed by atoms with Crippen molar-refractivity contribution in [1.29, 1.82) is 0 Å². The summed E-state index contributed by atoms with van der Waals surface area (Å²) >= 11 is 0. The first-order chi connectivity index (χ1) is 16.6. The number of hydrogen-bond donors (Lipinski definition) is 1. The summed E-state index contributed by atoms with van der Waals surface area (Å²) in [5, 5.41) is 2.75. The molecule has 6 nitrogen and oxygen atoms in total. The van der Waals surface area contributed by atoms with Crippen LogP contribution in [0.1, 0.15) is 55.1 Å². The monoisotopic (exact) mass is 498 g/mol. The van der Waals surface area contributed by atoms with Crippen LogP contribution in [0.4, 0.5) is 10.1 Å². The molecule has 0 aliphatic rings. The number of hydrogen-bond acceptors (Lipinski definition) is 4. The van der Waals surface area contributed by atoms with Gasteiger partial charge in [-0.3, -0.25) is 4.79 Å². The molecule has 0 unspecified atom stereocenters. The Labute approximate surface area is 206 Å². The van der Waals surface area contributed by atoms with Crippen molar-refractivity contribution in [3.8, 4) is 11.5 Å². The fraction of sp³-hybridized carbons (Fsp3) is 0.296. The molecule has 0 saturated heterocycles. The van der Waals surface area contributed by atoms with Gasteiger partial charge in [0.2, 0.25) is 10.0 Å². The Morgan fingerprint density at radius 2 is 1.63 bits per heavy atom. The number of rotatable bonds is 9. The molecule has 35 heavy (non-hydrogen) atoms. The second-order valence-electron chi connectivity index (χ2n) is 8.51. The van der Waals surface area contributed by atoms with E-state index in [1.54, 1.807) is 19.9 Å². The first-order valence-electron chi connectivity index (χ1n) is 11.6. The van der Waals surface area contributed by atoms with Crippen LogP contribution in [0.3, 0.4) is 0 Å². The molecule has 3 aromatic rings. The molecular formula is C27H31FN2O4S. The van der Waals surface area contributed by atoms with Gasteiger partial charge in [-0.25, -0.2) is 12.8 Å². The molecule has 1 amide bonds. The van der Waals surface area contributed by atoms with E-state index in [9.17, 15) is 17.6 Å². The van der Waals surface area contributed by atoms with Crippen LogP contribution in [-0.2, 0) is 10.0 Å². The minimum absolute atomic E-state index is 0.0382. The lowest BCUT2D eigenvalue weighted by molar-refractivity contribution is 0.102. The van der Waals surface area contributed by atoms with Crippen molar-refractivity contribution in [2.45, 2.75) is 45.4 Å². The van der Waals surface area contributed by atoms with E-state index in [4.69, 9.17) is 4.74 Å². The summed E-state index contributed by atoms with van der Waals surface area (Å²) in [6, 6.07) is 15.4. The number of ether oxygens (including phenoxy) is 1. The van der Waals surface area contributed by atoms with Crippen LogP contribution in [0.5, 0.6) is 11.5 Å². The Balaban J connectivity index is 2.08. The normalized spacial score (nSPS) is 11.7. The van der Waals surface area contributed by atoms with E-state index >= 15 is 0 Å². The van der Waals surface area contributed by atoms with Crippen molar-refractivity contribution in [3.05, 3.63) is 83.2 Å². The highest BCUT2D eigenvalue weighted by molar-refractivity contribution is 7.89. The number of benzene rings is 3. The SMILES string of the molecule is CCN(CC)S(=O)(=O)c1ccc(Oc2cc(C)ccc2C(C)C)c(NC(=O)c2ccc(F)cc2)c1. The Morgan fingerprint density at radius 3 is 2.23 bits per heavy atom. The topological polar surface area (TPSA) is 75.7 Å². The van der Waals surface area contributed by atoms with Crippen LogP contribution >= 0.6 is 0 Å². The summed E-state index contributed by atoms with van der Waals surface area (Å²) < 4.78 is 47.2. The predicted octanol–water partition coefficient (Wildman–Crippen LogP) is 6.33. The van der Waals surface area contributed by atoms with E-state index in [1.807, 2.05) is 25.1 Å². The van der Waals surface area contributed by atoms with Gasteiger partial charge >= 0.3 is 0 Å². The van der Waals surface area contributed by atoms with E-state index in [0.29, 0.717) is 24.6 Å². The lowest BCUT2D eigenvalue weighted by Gasteiger charge is -2.21. The molecular weight excluding hydrogens is 467 g/mol. The van der Waals surface area contributed by atoms with E-state index in [2.05, 4.69) is 19.2 Å². The molecule has 0 atom stereocenters. The van der Waals surface area contributed by atoms with Crippen molar-refractivity contribution in [2.75, 3.05) is 18.4 Å². The Kier molecular flexibility index (Phi) is 8.30. The van der Waals surface area contributed by atoms with Crippen LogP contribution in [0, 0.1) is 12.7 Å². The maximum Gasteiger partial charge on any atom is 0.255 e. The average molecular weight is 499 g/mol. The van der Waals surface area contributed by atoms with Gasteiger partial charge in [0.15, 0.2) is 5.75 Å². The zero-order chi connectivity index (χ0) is 25.8. The summed E-state index contributed by atoms with van der Waals surface area (Å²) in [4.78, 5) is 13.0. The molecule has 0 aliphatic heterocycles. The third kappa shape index (κ3) is 6.07. The first-order valence-corrected chi connectivity index (χ1v) is 13.0. The average Bonchev–Trinajstić information content (AvgIpc) is 2.81. The van der Waals surface area contributed by atoms with Gasteiger partial charge in [-0.05, 0) is 72.5 Å². The first kappa shape index (κ1) is 26.4. The molecule has 0 saturated carbocycles. The number of aryl methyl sites for hydroxylation is 1. The third-order valence-electron chi connectivity index (χ3n) is 5.66. The highest BCUT2D eigenvalue weighted by Gasteiger charge is 2.24. The molecule has 0 spiro atoms. The Bertz CT molecular complexity index is 1300. The smallest absolute Gasteiger partial charge is 0.255 e.